The van der Waals surface area contributed by atoms with Crippen LogP contribution in [0.25, 0.3) is 16.5 Å². The molecule has 4 rings (SSSR count). The summed E-state index contributed by atoms with van der Waals surface area (Å²) in [6, 6.07) is 9.58. The molecule has 1 atom stereocenters. The highest BCUT2D eigenvalue weighted by Crippen LogP contribution is 2.49. The van der Waals surface area contributed by atoms with Gasteiger partial charge in [0, 0.05) is 23.2 Å². The molecule has 36 heavy (non-hydrogen) atoms. The van der Waals surface area contributed by atoms with Crippen LogP contribution in [0, 0.1) is 5.82 Å². The van der Waals surface area contributed by atoms with Crippen molar-refractivity contribution in [3.8, 4) is 0 Å². The number of hydrogen-bond donors (Lipinski definition) is 3. The molecular formula is C24H17F7N2O3. The van der Waals surface area contributed by atoms with Gasteiger partial charge in [-0.15, -0.1) is 0 Å². The van der Waals surface area contributed by atoms with Crippen LogP contribution < -0.4 is 10.8 Å². The molecule has 1 heterocycles. The Hall–Kier alpha value is -3.64. The first-order valence-electron chi connectivity index (χ1n) is 10.4. The van der Waals surface area contributed by atoms with E-state index in [1.54, 1.807) is 18.2 Å². The summed E-state index contributed by atoms with van der Waals surface area (Å²) in [6.45, 7) is -0.317. The Bertz CT molecular complexity index is 1350. The molecular weight excluding hydrogens is 497 g/mol. The van der Waals surface area contributed by atoms with E-state index < -0.39 is 40.8 Å². The second kappa shape index (κ2) is 9.10. The number of carbonyl (C=O) groups is 1. The molecule has 5 nitrogen and oxygen atoms in total. The number of benzene rings is 3. The molecule has 0 bridgehead atoms. The van der Waals surface area contributed by atoms with Gasteiger partial charge in [0.15, 0.2) is 0 Å². The van der Waals surface area contributed by atoms with Gasteiger partial charge in [0.05, 0.1) is 17.9 Å². The Labute approximate surface area is 199 Å². The highest BCUT2D eigenvalue weighted by Gasteiger charge is 2.60. The van der Waals surface area contributed by atoms with Gasteiger partial charge in [-0.25, -0.2) is 4.39 Å². The van der Waals surface area contributed by atoms with Gasteiger partial charge in [0.1, 0.15) is 5.82 Å². The summed E-state index contributed by atoms with van der Waals surface area (Å²) in [6.07, 6.45) is -9.83. The quantitative estimate of drug-likeness (QED) is 0.417. The third kappa shape index (κ3) is 4.49. The molecule has 0 aromatic heterocycles. The number of rotatable bonds is 5. The van der Waals surface area contributed by atoms with Gasteiger partial charge >= 0.3 is 12.4 Å². The fraction of sp³-hybridized carbons (Fsp3) is 0.208. The number of fused-ring (bicyclic) bond motifs is 1. The maximum absolute atomic E-state index is 14.3. The summed E-state index contributed by atoms with van der Waals surface area (Å²) in [5, 5.41) is 12.1. The van der Waals surface area contributed by atoms with Crippen molar-refractivity contribution < 1.29 is 45.5 Å². The highest BCUT2D eigenvalue weighted by atomic mass is 19.4. The van der Waals surface area contributed by atoms with E-state index in [-0.39, 0.29) is 42.1 Å². The molecule has 0 saturated heterocycles. The molecule has 3 aromatic rings. The minimum atomic E-state index is -5.28. The average molecular weight is 514 g/mol. The summed E-state index contributed by atoms with van der Waals surface area (Å²) in [5.41, 5.74) is -3.91. The lowest BCUT2D eigenvalue weighted by atomic mass is 9.89. The first-order chi connectivity index (χ1) is 16.9. The predicted octanol–water partition coefficient (Wildman–Crippen LogP) is 5.05. The Kier molecular flexibility index (Phi) is 6.43. The number of hydrogen-bond acceptors (Lipinski definition) is 4. The summed E-state index contributed by atoms with van der Waals surface area (Å²) in [7, 11) is 0. The van der Waals surface area contributed by atoms with Gasteiger partial charge in [0.2, 0.25) is 5.60 Å². The van der Waals surface area contributed by atoms with Crippen LogP contribution in [0.3, 0.4) is 0 Å². The SMILES string of the molecule is O=C(NCCO)c1ccc(C2=CC(c3cc(F)cc(C(F)(F)F)c3)(C(F)(F)F)ON2)c2ccccc12. The Balaban J connectivity index is 1.87. The predicted molar refractivity (Wildman–Crippen MR) is 115 cm³/mol. The van der Waals surface area contributed by atoms with E-state index in [9.17, 15) is 35.5 Å². The first-order valence-corrected chi connectivity index (χ1v) is 10.4. The van der Waals surface area contributed by atoms with Crippen molar-refractivity contribution in [3.63, 3.8) is 0 Å². The van der Waals surface area contributed by atoms with E-state index in [1.165, 1.54) is 18.2 Å². The minimum Gasteiger partial charge on any atom is -0.395 e. The topological polar surface area (TPSA) is 70.6 Å². The number of amides is 1. The zero-order valence-corrected chi connectivity index (χ0v) is 18.1. The van der Waals surface area contributed by atoms with Crippen LogP contribution in [-0.2, 0) is 16.6 Å². The molecule has 3 N–H and O–H groups in total. The summed E-state index contributed by atoms with van der Waals surface area (Å²) < 4.78 is 96.3. The van der Waals surface area contributed by atoms with Gasteiger partial charge in [0.25, 0.3) is 5.91 Å². The molecule has 1 aliphatic rings. The van der Waals surface area contributed by atoms with Crippen molar-refractivity contribution in [1.29, 1.82) is 0 Å². The standard InChI is InChI=1S/C24H17F7N2O3/c25-15-10-13(9-14(11-15)23(26,27)28)22(24(29,30)31)12-20(33-36-22)18-5-6-19(21(35)32-7-8-34)17-4-2-1-3-16(17)18/h1-6,9-12,33-34H,7-8H2,(H,32,35). The zero-order chi connectivity index (χ0) is 26.3. The van der Waals surface area contributed by atoms with Crippen LogP contribution in [0.2, 0.25) is 0 Å². The molecule has 0 radical (unpaired) electrons. The van der Waals surface area contributed by atoms with Crippen molar-refractivity contribution in [1.82, 2.24) is 10.8 Å². The Morgan fingerprint density at radius 2 is 1.69 bits per heavy atom. The molecule has 1 amide bonds. The van der Waals surface area contributed by atoms with Crippen molar-refractivity contribution in [2.45, 2.75) is 18.0 Å². The fourth-order valence-electron chi connectivity index (χ4n) is 3.94. The van der Waals surface area contributed by atoms with E-state index in [4.69, 9.17) is 9.94 Å². The van der Waals surface area contributed by atoms with E-state index in [0.29, 0.717) is 22.9 Å². The molecule has 12 heteroatoms. The fourth-order valence-corrected chi connectivity index (χ4v) is 3.94. The molecule has 190 valence electrons. The lowest BCUT2D eigenvalue weighted by Crippen LogP contribution is -2.42. The molecule has 1 aliphatic heterocycles. The molecule has 0 fully saturated rings. The number of halogens is 7. The van der Waals surface area contributed by atoms with Gasteiger partial charge in [-0.05, 0) is 41.1 Å². The monoisotopic (exact) mass is 514 g/mol. The Morgan fingerprint density at radius 3 is 2.33 bits per heavy atom. The lowest BCUT2D eigenvalue weighted by Gasteiger charge is -2.29. The van der Waals surface area contributed by atoms with Gasteiger partial charge in [-0.1, -0.05) is 30.3 Å². The Morgan fingerprint density at radius 1 is 1.00 bits per heavy atom. The average Bonchev–Trinajstić information content (AvgIpc) is 3.28. The van der Waals surface area contributed by atoms with Crippen molar-refractivity contribution in [2.75, 3.05) is 13.2 Å². The molecule has 0 spiro atoms. The first kappa shape index (κ1) is 25.5. The largest absolute Gasteiger partial charge is 0.428 e. The van der Waals surface area contributed by atoms with Gasteiger partial charge in [-0.3, -0.25) is 15.1 Å². The van der Waals surface area contributed by atoms with Crippen LogP contribution in [0.15, 0.2) is 60.7 Å². The molecule has 0 aliphatic carbocycles. The van der Waals surface area contributed by atoms with E-state index >= 15 is 0 Å². The minimum absolute atomic E-state index is 0.0168. The highest BCUT2D eigenvalue weighted by molar-refractivity contribution is 6.09. The van der Waals surface area contributed by atoms with Crippen LogP contribution in [0.1, 0.15) is 27.0 Å². The van der Waals surface area contributed by atoms with Crippen LogP contribution >= 0.6 is 0 Å². The maximum Gasteiger partial charge on any atom is 0.428 e. The van der Waals surface area contributed by atoms with Gasteiger partial charge in [-0.2, -0.15) is 26.3 Å². The normalized spacial score (nSPS) is 18.2. The molecule has 3 aromatic carbocycles. The van der Waals surface area contributed by atoms with Crippen LogP contribution in [0.4, 0.5) is 30.7 Å². The van der Waals surface area contributed by atoms with Gasteiger partial charge < -0.3 is 10.4 Å². The van der Waals surface area contributed by atoms with E-state index in [1.807, 2.05) is 0 Å². The lowest BCUT2D eigenvalue weighted by molar-refractivity contribution is -0.269. The second-order valence-electron chi connectivity index (χ2n) is 7.91. The number of nitrogens with one attached hydrogen (secondary N) is 2. The zero-order valence-electron chi connectivity index (χ0n) is 18.1. The number of carbonyl (C=O) groups excluding carboxylic acids is 1. The summed E-state index contributed by atoms with van der Waals surface area (Å²) in [4.78, 5) is 17.3. The van der Waals surface area contributed by atoms with Crippen LogP contribution in [-0.4, -0.2) is 30.3 Å². The number of hydroxylamine groups is 1. The number of alkyl halides is 6. The van der Waals surface area contributed by atoms with Crippen molar-refractivity contribution in [3.05, 3.63) is 88.7 Å². The smallest absolute Gasteiger partial charge is 0.395 e. The third-order valence-corrected chi connectivity index (χ3v) is 5.60. The number of aliphatic hydroxyl groups is 1. The summed E-state index contributed by atoms with van der Waals surface area (Å²) in [5.74, 6) is -2.04. The second-order valence-corrected chi connectivity index (χ2v) is 7.91. The van der Waals surface area contributed by atoms with Crippen molar-refractivity contribution in [2.24, 2.45) is 0 Å². The van der Waals surface area contributed by atoms with Crippen molar-refractivity contribution >= 4 is 22.4 Å². The van der Waals surface area contributed by atoms with E-state index in [0.717, 1.165) is 0 Å². The van der Waals surface area contributed by atoms with Crippen LogP contribution in [0.5, 0.6) is 0 Å². The van der Waals surface area contributed by atoms with E-state index in [2.05, 4.69) is 10.8 Å². The summed E-state index contributed by atoms with van der Waals surface area (Å²) >= 11 is 0. The third-order valence-electron chi connectivity index (χ3n) is 5.60. The molecule has 0 saturated carbocycles. The number of aliphatic hydroxyl groups excluding tert-OH is 1. The maximum atomic E-state index is 14.3. The molecule has 1 unspecified atom stereocenters.